The quantitative estimate of drug-likeness (QED) is 0.848. The Balaban J connectivity index is 0.00000200. The number of nitrogens with zero attached hydrogens (tertiary/aromatic N) is 1. The molecule has 20 heavy (non-hydrogen) atoms. The van der Waals surface area contributed by atoms with Crippen molar-refractivity contribution < 1.29 is 9.18 Å². The molecule has 0 saturated carbocycles. The zero-order valence-corrected chi connectivity index (χ0v) is 12.4. The minimum Gasteiger partial charge on any atom is -0.341 e. The van der Waals surface area contributed by atoms with E-state index in [1.165, 1.54) is 12.1 Å². The zero-order chi connectivity index (χ0) is 13.5. The van der Waals surface area contributed by atoms with Gasteiger partial charge in [-0.15, -0.1) is 12.4 Å². The first-order valence-electron chi connectivity index (χ1n) is 6.98. The van der Waals surface area contributed by atoms with E-state index in [4.69, 9.17) is 0 Å². The number of hydrogen-bond acceptors (Lipinski definition) is 2. The summed E-state index contributed by atoms with van der Waals surface area (Å²) in [4.78, 5) is 13.7. The van der Waals surface area contributed by atoms with Gasteiger partial charge in [-0.3, -0.25) is 4.79 Å². The number of amides is 1. The van der Waals surface area contributed by atoms with E-state index in [9.17, 15) is 9.18 Å². The third-order valence-corrected chi connectivity index (χ3v) is 3.47. The van der Waals surface area contributed by atoms with Gasteiger partial charge in [0.1, 0.15) is 5.82 Å². The second-order valence-corrected chi connectivity index (χ2v) is 4.99. The highest BCUT2D eigenvalue weighted by molar-refractivity contribution is 5.85. The highest BCUT2D eigenvalue weighted by Crippen LogP contribution is 2.10. The van der Waals surface area contributed by atoms with Crippen LogP contribution in [0.2, 0.25) is 0 Å². The maximum absolute atomic E-state index is 12.7. The molecular formula is C15H22ClFN2O. The van der Waals surface area contributed by atoms with Crippen LogP contribution in [0.4, 0.5) is 4.39 Å². The predicted molar refractivity (Wildman–Crippen MR) is 80.4 cm³/mol. The van der Waals surface area contributed by atoms with Gasteiger partial charge in [0.05, 0.1) is 0 Å². The molecule has 2 rings (SSSR count). The fourth-order valence-electron chi connectivity index (χ4n) is 2.32. The second kappa shape index (κ2) is 8.93. The average molecular weight is 301 g/mol. The highest BCUT2D eigenvalue weighted by atomic mass is 35.5. The van der Waals surface area contributed by atoms with Crippen molar-refractivity contribution in [1.82, 2.24) is 10.2 Å². The Morgan fingerprint density at radius 3 is 2.65 bits per heavy atom. The summed E-state index contributed by atoms with van der Waals surface area (Å²) in [6.45, 7) is 3.14. The molecule has 1 amide bonds. The van der Waals surface area contributed by atoms with Crippen molar-refractivity contribution in [1.29, 1.82) is 0 Å². The summed E-state index contributed by atoms with van der Waals surface area (Å²) >= 11 is 0. The summed E-state index contributed by atoms with van der Waals surface area (Å²) < 4.78 is 12.7. The largest absolute Gasteiger partial charge is 0.341 e. The van der Waals surface area contributed by atoms with E-state index in [1.807, 2.05) is 4.90 Å². The number of benzene rings is 1. The molecule has 1 fully saturated rings. The summed E-state index contributed by atoms with van der Waals surface area (Å²) in [5.41, 5.74) is 1.06. The number of carbonyl (C=O) groups excluding carboxylic acids is 1. The van der Waals surface area contributed by atoms with Crippen LogP contribution in [0.3, 0.4) is 0 Å². The van der Waals surface area contributed by atoms with Crippen molar-refractivity contribution in [3.8, 4) is 0 Å². The fraction of sp³-hybridized carbons (Fsp3) is 0.533. The van der Waals surface area contributed by atoms with Crippen molar-refractivity contribution in [3.63, 3.8) is 0 Å². The number of nitrogens with one attached hydrogen (secondary N) is 1. The average Bonchev–Trinajstić information content (AvgIpc) is 2.62. The molecule has 0 unspecified atom stereocenters. The summed E-state index contributed by atoms with van der Waals surface area (Å²) in [6.07, 6.45) is 3.99. The molecule has 1 N–H and O–H groups in total. The zero-order valence-electron chi connectivity index (χ0n) is 11.6. The monoisotopic (exact) mass is 300 g/mol. The van der Waals surface area contributed by atoms with Gasteiger partial charge < -0.3 is 10.2 Å². The lowest BCUT2D eigenvalue weighted by atomic mass is 10.2. The minimum atomic E-state index is -0.209. The van der Waals surface area contributed by atoms with E-state index in [-0.39, 0.29) is 24.1 Å². The van der Waals surface area contributed by atoms with Gasteiger partial charge in [0.25, 0.3) is 0 Å². The van der Waals surface area contributed by atoms with E-state index in [2.05, 4.69) is 5.32 Å². The van der Waals surface area contributed by atoms with Crippen molar-refractivity contribution in [2.75, 3.05) is 19.6 Å². The van der Waals surface area contributed by atoms with Crippen LogP contribution in [0.15, 0.2) is 24.3 Å². The number of likely N-dealkylation sites (tertiary alicyclic amines) is 1. The van der Waals surface area contributed by atoms with E-state index < -0.39 is 0 Å². The predicted octanol–water partition coefficient (Wildman–Crippen LogP) is 2.74. The van der Waals surface area contributed by atoms with Crippen molar-refractivity contribution in [3.05, 3.63) is 35.6 Å². The molecule has 112 valence electrons. The van der Waals surface area contributed by atoms with Gasteiger partial charge in [-0.1, -0.05) is 18.6 Å². The van der Waals surface area contributed by atoms with Crippen LogP contribution in [0.5, 0.6) is 0 Å². The Hall–Kier alpha value is -1.13. The third-order valence-electron chi connectivity index (χ3n) is 3.47. The van der Waals surface area contributed by atoms with Crippen LogP contribution < -0.4 is 5.32 Å². The minimum absolute atomic E-state index is 0. The van der Waals surface area contributed by atoms with E-state index >= 15 is 0 Å². The van der Waals surface area contributed by atoms with Crippen LogP contribution in [-0.2, 0) is 11.3 Å². The highest BCUT2D eigenvalue weighted by Gasteiger charge is 2.15. The van der Waals surface area contributed by atoms with Crippen LogP contribution >= 0.6 is 12.4 Å². The molecule has 0 radical (unpaired) electrons. The molecular weight excluding hydrogens is 279 g/mol. The van der Waals surface area contributed by atoms with Crippen molar-refractivity contribution >= 4 is 18.3 Å². The first-order chi connectivity index (χ1) is 9.25. The number of halogens is 2. The molecule has 0 spiro atoms. The Morgan fingerprint density at radius 2 is 1.90 bits per heavy atom. The fourth-order valence-corrected chi connectivity index (χ4v) is 2.32. The van der Waals surface area contributed by atoms with Crippen molar-refractivity contribution in [2.24, 2.45) is 0 Å². The maximum atomic E-state index is 12.7. The molecule has 1 aliphatic heterocycles. The van der Waals surface area contributed by atoms with Gasteiger partial charge in [-0.05, 0) is 30.5 Å². The summed E-state index contributed by atoms with van der Waals surface area (Å²) in [6, 6.07) is 6.49. The van der Waals surface area contributed by atoms with E-state index in [1.54, 1.807) is 12.1 Å². The van der Waals surface area contributed by atoms with Gasteiger partial charge in [0, 0.05) is 32.6 Å². The van der Waals surface area contributed by atoms with Crippen molar-refractivity contribution in [2.45, 2.75) is 32.2 Å². The molecule has 1 aromatic rings. The SMILES string of the molecule is Cl.O=C1CCCCCN1CCNCc1ccc(F)cc1. The van der Waals surface area contributed by atoms with Crippen LogP contribution in [0, 0.1) is 5.82 Å². The van der Waals surface area contributed by atoms with Gasteiger partial charge >= 0.3 is 0 Å². The third kappa shape index (κ3) is 5.47. The molecule has 3 nitrogen and oxygen atoms in total. The Bertz CT molecular complexity index is 411. The molecule has 1 saturated heterocycles. The van der Waals surface area contributed by atoms with Gasteiger partial charge in [0.2, 0.25) is 5.91 Å². The van der Waals surface area contributed by atoms with Crippen LogP contribution in [0.25, 0.3) is 0 Å². The lowest BCUT2D eigenvalue weighted by Gasteiger charge is -2.20. The number of carbonyl (C=O) groups is 1. The van der Waals surface area contributed by atoms with Crippen LogP contribution in [-0.4, -0.2) is 30.4 Å². The van der Waals surface area contributed by atoms with E-state index in [0.29, 0.717) is 13.0 Å². The molecule has 0 bridgehead atoms. The van der Waals surface area contributed by atoms with Crippen LogP contribution in [0.1, 0.15) is 31.2 Å². The molecule has 1 aromatic carbocycles. The maximum Gasteiger partial charge on any atom is 0.222 e. The molecule has 1 aliphatic rings. The van der Waals surface area contributed by atoms with Gasteiger partial charge in [-0.25, -0.2) is 4.39 Å². The molecule has 0 aliphatic carbocycles. The molecule has 5 heteroatoms. The van der Waals surface area contributed by atoms with E-state index in [0.717, 1.165) is 44.5 Å². The molecule has 1 heterocycles. The molecule has 0 atom stereocenters. The standard InChI is InChI=1S/C15H21FN2O.ClH/c16-14-7-5-13(6-8-14)12-17-9-11-18-10-3-1-2-4-15(18)19;/h5-8,17H,1-4,9-12H2;1H. The Labute approximate surface area is 125 Å². The summed E-state index contributed by atoms with van der Waals surface area (Å²) in [5.74, 6) is 0.0694. The summed E-state index contributed by atoms with van der Waals surface area (Å²) in [5, 5.41) is 3.29. The number of hydrogen-bond donors (Lipinski definition) is 1. The lowest BCUT2D eigenvalue weighted by molar-refractivity contribution is -0.130. The topological polar surface area (TPSA) is 32.3 Å². The lowest BCUT2D eigenvalue weighted by Crippen LogP contribution is -2.36. The van der Waals surface area contributed by atoms with Gasteiger partial charge in [-0.2, -0.15) is 0 Å². The second-order valence-electron chi connectivity index (χ2n) is 4.99. The number of rotatable bonds is 5. The smallest absolute Gasteiger partial charge is 0.222 e. The summed E-state index contributed by atoms with van der Waals surface area (Å²) in [7, 11) is 0. The Morgan fingerprint density at radius 1 is 1.15 bits per heavy atom. The first-order valence-corrected chi connectivity index (χ1v) is 6.98. The van der Waals surface area contributed by atoms with Gasteiger partial charge in [0.15, 0.2) is 0 Å². The first kappa shape index (κ1) is 16.9. The normalized spacial score (nSPS) is 15.7. The molecule has 0 aromatic heterocycles. The Kier molecular flexibility index (Phi) is 7.55.